The van der Waals surface area contributed by atoms with E-state index in [1.165, 1.54) is 5.56 Å². The van der Waals surface area contributed by atoms with Crippen molar-refractivity contribution in [1.29, 1.82) is 0 Å². The third-order valence-corrected chi connectivity index (χ3v) is 8.39. The molecule has 6 nitrogen and oxygen atoms in total. The molecule has 0 spiro atoms. The number of rotatable bonds is 8. The van der Waals surface area contributed by atoms with Crippen LogP contribution in [-0.4, -0.2) is 26.4 Å². The number of pyridine rings is 1. The van der Waals surface area contributed by atoms with E-state index >= 15 is 0 Å². The summed E-state index contributed by atoms with van der Waals surface area (Å²) in [4.78, 5) is 4.71. The molecule has 0 aliphatic carbocycles. The van der Waals surface area contributed by atoms with Gasteiger partial charge < -0.3 is 14.0 Å². The monoisotopic (exact) mass is 724 g/mol. The molecule has 7 rings (SSSR count). The zero-order chi connectivity index (χ0) is 32.7. The fourth-order valence-corrected chi connectivity index (χ4v) is 6.37. The largest absolute Gasteiger partial charge is 2.00 e. The summed E-state index contributed by atoms with van der Waals surface area (Å²) in [7, 11) is 1.67. The number of aromatic nitrogens is 4. The molecule has 0 saturated carbocycles. The maximum atomic E-state index is 6.53. The molecule has 0 radical (unpaired) electrons. The van der Waals surface area contributed by atoms with Crippen molar-refractivity contribution in [2.24, 2.45) is 0 Å². The van der Waals surface area contributed by atoms with Crippen molar-refractivity contribution in [1.82, 2.24) is 19.3 Å². The van der Waals surface area contributed by atoms with Crippen molar-refractivity contribution < 1.29 is 29.9 Å². The summed E-state index contributed by atoms with van der Waals surface area (Å²) in [5, 5.41) is 7.42. The first kappa shape index (κ1) is 33.2. The normalized spacial score (nSPS) is 11.5. The Bertz CT molecular complexity index is 2230. The van der Waals surface area contributed by atoms with Gasteiger partial charge in [0.25, 0.3) is 0 Å². The molecule has 3 aromatic heterocycles. The summed E-state index contributed by atoms with van der Waals surface area (Å²) in [5.74, 6) is 2.57. The summed E-state index contributed by atoms with van der Waals surface area (Å²) in [5.41, 5.74) is 8.16. The average Bonchev–Trinajstić information content (AvgIpc) is 3.61. The van der Waals surface area contributed by atoms with Gasteiger partial charge in [0.05, 0.1) is 18.5 Å². The fraction of sp³-hybridized carbons (Fsp3) is 0.220. The molecule has 0 bridgehead atoms. The van der Waals surface area contributed by atoms with Gasteiger partial charge in [-0.2, -0.15) is 11.2 Å². The molecule has 0 N–H and O–H groups in total. The number of methoxy groups -OCH3 is 1. The van der Waals surface area contributed by atoms with Crippen LogP contribution in [0.5, 0.6) is 17.2 Å². The predicted molar refractivity (Wildman–Crippen MR) is 189 cm³/mol. The van der Waals surface area contributed by atoms with Crippen LogP contribution in [0.1, 0.15) is 51.1 Å². The van der Waals surface area contributed by atoms with Gasteiger partial charge in [-0.25, -0.2) is 4.98 Å². The molecule has 7 aromatic rings. The number of aryl methyl sites for hydroxylation is 2. The minimum absolute atomic E-state index is 0. The Hall–Kier alpha value is -4.70. The van der Waals surface area contributed by atoms with Crippen LogP contribution >= 0.6 is 0 Å². The number of hydrogen-bond acceptors (Lipinski definition) is 4. The summed E-state index contributed by atoms with van der Waals surface area (Å²) >= 11 is 0. The van der Waals surface area contributed by atoms with Gasteiger partial charge in [0.1, 0.15) is 5.82 Å². The predicted octanol–water partition coefficient (Wildman–Crippen LogP) is 9.99. The first-order valence-corrected chi connectivity index (χ1v) is 16.1. The van der Waals surface area contributed by atoms with Crippen LogP contribution in [0.25, 0.3) is 44.4 Å². The van der Waals surface area contributed by atoms with Gasteiger partial charge >= 0.3 is 20.4 Å². The smallest absolute Gasteiger partial charge is 0.522 e. The first-order valence-electron chi connectivity index (χ1n) is 16.1. The summed E-state index contributed by atoms with van der Waals surface area (Å²) in [6, 6.07) is 37.9. The molecule has 4 aromatic carbocycles. The molecule has 0 aliphatic heterocycles. The molecule has 244 valence electrons. The number of nitrogens with zero attached hydrogens (tertiary/aromatic N) is 4. The summed E-state index contributed by atoms with van der Waals surface area (Å²) < 4.78 is 16.5. The number of ether oxygens (including phenoxy) is 2. The Morgan fingerprint density at radius 1 is 0.833 bits per heavy atom. The molecule has 0 fully saturated rings. The van der Waals surface area contributed by atoms with Gasteiger partial charge in [-0.1, -0.05) is 94.2 Å². The summed E-state index contributed by atoms with van der Waals surface area (Å²) in [6.45, 7) is 11.0. The van der Waals surface area contributed by atoms with Gasteiger partial charge in [-0.05, 0) is 53.7 Å². The van der Waals surface area contributed by atoms with E-state index in [0.717, 1.165) is 68.7 Å². The average molecular weight is 725 g/mol. The Labute approximate surface area is 296 Å². The standard InChI is InChI=1S/C41H38N4O2.Pd/c1-7-13-35-39(28-14-9-8-10-15-28)40(41(3,4)5)45(43-35)29-23-31(46-6)25-32(24-29)47-30-18-19-34-33-16-11-12-17-36(33)44(37(34)26-30)38-22-27(2)20-21-42-38;/h8-12,14-23,25H,7,13H2,1-6H3;/q-2;+2. The topological polar surface area (TPSA) is 54.1 Å². The third-order valence-electron chi connectivity index (χ3n) is 8.39. The Morgan fingerprint density at radius 3 is 2.33 bits per heavy atom. The Kier molecular flexibility index (Phi) is 9.29. The maximum absolute atomic E-state index is 6.53. The molecule has 48 heavy (non-hydrogen) atoms. The van der Waals surface area contributed by atoms with Gasteiger partial charge in [0.2, 0.25) is 0 Å². The minimum Gasteiger partial charge on any atom is -0.522 e. The molecular formula is C41H38N4O2Pd. The van der Waals surface area contributed by atoms with Crippen LogP contribution in [0.2, 0.25) is 0 Å². The molecule has 0 unspecified atom stereocenters. The Balaban J connectivity index is 0.00000401. The van der Waals surface area contributed by atoms with Crippen molar-refractivity contribution in [3.8, 4) is 39.9 Å². The van der Waals surface area contributed by atoms with Crippen LogP contribution in [0.15, 0.2) is 97.2 Å². The van der Waals surface area contributed by atoms with E-state index in [2.05, 4.69) is 112 Å². The van der Waals surface area contributed by atoms with E-state index < -0.39 is 0 Å². The molecule has 3 heterocycles. The van der Waals surface area contributed by atoms with Gasteiger partial charge in [0.15, 0.2) is 0 Å². The first-order chi connectivity index (χ1) is 22.7. The van der Waals surface area contributed by atoms with E-state index in [-0.39, 0.29) is 25.8 Å². The van der Waals surface area contributed by atoms with Crippen molar-refractivity contribution >= 4 is 21.8 Å². The maximum Gasteiger partial charge on any atom is 2.00 e. The van der Waals surface area contributed by atoms with Crippen molar-refractivity contribution in [3.05, 3.63) is 126 Å². The molecule has 0 atom stereocenters. The number of benzene rings is 4. The van der Waals surface area contributed by atoms with Gasteiger partial charge in [-0.15, -0.1) is 29.7 Å². The van der Waals surface area contributed by atoms with Crippen LogP contribution in [0.3, 0.4) is 0 Å². The van der Waals surface area contributed by atoms with Crippen molar-refractivity contribution in [3.63, 3.8) is 0 Å². The fourth-order valence-electron chi connectivity index (χ4n) is 6.37. The molecule has 0 saturated heterocycles. The van der Waals surface area contributed by atoms with E-state index in [9.17, 15) is 0 Å². The van der Waals surface area contributed by atoms with Crippen molar-refractivity contribution in [2.75, 3.05) is 7.11 Å². The molecule has 0 amide bonds. The second kappa shape index (κ2) is 13.4. The van der Waals surface area contributed by atoms with E-state index in [0.29, 0.717) is 17.2 Å². The summed E-state index contributed by atoms with van der Waals surface area (Å²) in [6.07, 6.45) is 3.70. The number of para-hydroxylation sites is 1. The quantitative estimate of drug-likeness (QED) is 0.116. The SMILES string of the molecule is CCCc1nn(-c2[c-]c(Oc3[c-]c4c(cc3)c3ccccc3n4-c3cc(C)ccn3)cc(OC)c2)c(C(C)(C)C)c1-c1ccccc1.[Pd+2]. The minimum atomic E-state index is -0.210. The number of fused-ring (bicyclic) bond motifs is 3. The van der Waals surface area contributed by atoms with Crippen molar-refractivity contribution in [2.45, 2.75) is 52.9 Å². The third kappa shape index (κ3) is 6.17. The zero-order valence-corrected chi connectivity index (χ0v) is 29.6. The van der Waals surface area contributed by atoms with Crippen LogP contribution in [-0.2, 0) is 32.3 Å². The molecule has 0 aliphatic rings. The van der Waals surface area contributed by atoms with Crippen LogP contribution in [0, 0.1) is 19.1 Å². The van der Waals surface area contributed by atoms with Crippen LogP contribution in [0.4, 0.5) is 0 Å². The number of hydrogen-bond donors (Lipinski definition) is 0. The second-order valence-corrected chi connectivity index (χ2v) is 12.9. The molecular weight excluding hydrogens is 687 g/mol. The molecule has 7 heteroatoms. The Morgan fingerprint density at radius 2 is 1.60 bits per heavy atom. The van der Waals surface area contributed by atoms with Gasteiger partial charge in [-0.3, -0.25) is 4.68 Å². The second-order valence-electron chi connectivity index (χ2n) is 12.9. The van der Waals surface area contributed by atoms with Gasteiger partial charge in [0, 0.05) is 39.9 Å². The van der Waals surface area contributed by atoms with Crippen LogP contribution < -0.4 is 9.47 Å². The van der Waals surface area contributed by atoms with E-state index in [4.69, 9.17) is 19.6 Å². The van der Waals surface area contributed by atoms with E-state index in [1.54, 1.807) is 7.11 Å². The van der Waals surface area contributed by atoms with E-state index in [1.807, 2.05) is 41.2 Å². The zero-order valence-electron chi connectivity index (χ0n) is 28.1.